The average Bonchev–Trinajstić information content (AvgIpc) is 3.29. The molecule has 0 aliphatic heterocycles. The van der Waals surface area contributed by atoms with Crippen LogP contribution in [0.1, 0.15) is 64.6 Å². The third-order valence-corrected chi connectivity index (χ3v) is 5.62. The Balaban J connectivity index is 2.13. The summed E-state index contributed by atoms with van der Waals surface area (Å²) < 4.78 is 34.5. The van der Waals surface area contributed by atoms with Crippen LogP contribution in [0.4, 0.5) is 0 Å². The van der Waals surface area contributed by atoms with Gasteiger partial charge in [0.15, 0.2) is 21.4 Å². The summed E-state index contributed by atoms with van der Waals surface area (Å²) in [5, 5.41) is 3.42. The van der Waals surface area contributed by atoms with Crippen LogP contribution in [0, 0.1) is 0 Å². The predicted molar refractivity (Wildman–Crippen MR) is 97.0 cm³/mol. The number of carbonyl (C=O) groups is 2. The SMILES string of the molecule is CC(C)OC(=O)c1c(S(C)(=O)=O)ccc(C(=O)c2cnoc2C2CC2)c1Cl. The first-order chi connectivity index (χ1) is 12.6. The van der Waals surface area contributed by atoms with Crippen LogP contribution in [0.2, 0.25) is 5.02 Å². The second-order valence-electron chi connectivity index (χ2n) is 6.73. The number of esters is 1. The summed E-state index contributed by atoms with van der Waals surface area (Å²) in [5.74, 6) is -0.764. The fourth-order valence-electron chi connectivity index (χ4n) is 2.71. The van der Waals surface area contributed by atoms with Gasteiger partial charge in [0.1, 0.15) is 0 Å². The van der Waals surface area contributed by atoms with Crippen molar-refractivity contribution in [3.8, 4) is 0 Å². The summed E-state index contributed by atoms with van der Waals surface area (Å²) in [6.45, 7) is 3.25. The number of ether oxygens (including phenoxy) is 1. The van der Waals surface area contributed by atoms with Crippen molar-refractivity contribution in [2.75, 3.05) is 6.26 Å². The first-order valence-electron chi connectivity index (χ1n) is 8.34. The van der Waals surface area contributed by atoms with Gasteiger partial charge in [-0.2, -0.15) is 0 Å². The number of benzene rings is 1. The molecule has 1 aliphatic rings. The van der Waals surface area contributed by atoms with E-state index in [-0.39, 0.29) is 32.5 Å². The molecular formula is C18H18ClNO6S. The Kier molecular flexibility index (Phi) is 5.14. The number of carbonyl (C=O) groups excluding carboxylic acids is 2. The third kappa shape index (κ3) is 3.91. The molecule has 7 nitrogen and oxygen atoms in total. The van der Waals surface area contributed by atoms with E-state index in [1.54, 1.807) is 13.8 Å². The second kappa shape index (κ2) is 7.09. The Bertz CT molecular complexity index is 1020. The van der Waals surface area contributed by atoms with Crippen LogP contribution in [0.15, 0.2) is 27.7 Å². The summed E-state index contributed by atoms with van der Waals surface area (Å²) in [5.41, 5.74) is -0.0947. The Morgan fingerprint density at radius 2 is 1.93 bits per heavy atom. The lowest BCUT2D eigenvalue weighted by atomic mass is 10.0. The van der Waals surface area contributed by atoms with Crippen LogP contribution in [0.25, 0.3) is 0 Å². The van der Waals surface area contributed by atoms with Crippen molar-refractivity contribution in [3.05, 3.63) is 45.8 Å². The van der Waals surface area contributed by atoms with E-state index < -0.39 is 27.7 Å². The number of rotatable bonds is 6. The van der Waals surface area contributed by atoms with Crippen LogP contribution in [0.3, 0.4) is 0 Å². The molecule has 2 aromatic rings. The quantitative estimate of drug-likeness (QED) is 0.529. The van der Waals surface area contributed by atoms with Crippen LogP contribution in [-0.2, 0) is 14.6 Å². The van der Waals surface area contributed by atoms with Gasteiger partial charge in [-0.05, 0) is 38.8 Å². The number of sulfone groups is 1. The summed E-state index contributed by atoms with van der Waals surface area (Å²) >= 11 is 6.32. The standard InChI is InChI=1S/C18H18ClNO6S/c1-9(2)25-18(22)14-13(27(3,23)24)7-6-11(15(14)19)16(21)12-8-20-26-17(12)10-4-5-10/h6-10H,4-5H2,1-3H3. The number of halogens is 1. The van der Waals surface area contributed by atoms with Gasteiger partial charge in [-0.25, -0.2) is 13.2 Å². The molecule has 1 fully saturated rings. The van der Waals surface area contributed by atoms with Crippen molar-refractivity contribution in [1.82, 2.24) is 5.16 Å². The zero-order valence-electron chi connectivity index (χ0n) is 15.0. The van der Waals surface area contributed by atoms with E-state index >= 15 is 0 Å². The van der Waals surface area contributed by atoms with Gasteiger partial charge in [0.2, 0.25) is 0 Å². The minimum absolute atomic E-state index is 0.00938. The summed E-state index contributed by atoms with van der Waals surface area (Å²) in [6.07, 6.45) is 3.59. The Morgan fingerprint density at radius 1 is 1.26 bits per heavy atom. The molecule has 3 rings (SSSR count). The smallest absolute Gasteiger partial charge is 0.341 e. The Labute approximate surface area is 161 Å². The van der Waals surface area contributed by atoms with Crippen molar-refractivity contribution in [3.63, 3.8) is 0 Å². The van der Waals surface area contributed by atoms with Crippen LogP contribution in [0.5, 0.6) is 0 Å². The maximum absolute atomic E-state index is 13.0. The highest BCUT2D eigenvalue weighted by Crippen LogP contribution is 2.42. The zero-order chi connectivity index (χ0) is 19.9. The van der Waals surface area contributed by atoms with Crippen molar-refractivity contribution in [1.29, 1.82) is 0 Å². The molecule has 1 aromatic carbocycles. The number of ketones is 1. The molecular weight excluding hydrogens is 394 g/mol. The highest BCUT2D eigenvalue weighted by Gasteiger charge is 2.34. The minimum Gasteiger partial charge on any atom is -0.459 e. The van der Waals surface area contributed by atoms with Crippen LogP contribution < -0.4 is 0 Å². The average molecular weight is 412 g/mol. The van der Waals surface area contributed by atoms with Gasteiger partial charge in [-0.3, -0.25) is 4.79 Å². The van der Waals surface area contributed by atoms with Crippen molar-refractivity contribution >= 4 is 33.2 Å². The molecule has 27 heavy (non-hydrogen) atoms. The maximum atomic E-state index is 13.0. The minimum atomic E-state index is -3.77. The number of aromatic nitrogens is 1. The molecule has 0 saturated heterocycles. The van der Waals surface area contributed by atoms with Gasteiger partial charge in [0.25, 0.3) is 0 Å². The van der Waals surface area contributed by atoms with Gasteiger partial charge < -0.3 is 9.26 Å². The molecule has 0 bridgehead atoms. The lowest BCUT2D eigenvalue weighted by Gasteiger charge is -2.14. The third-order valence-electron chi connectivity index (χ3n) is 4.09. The summed E-state index contributed by atoms with van der Waals surface area (Å²) in [6, 6.07) is 2.48. The first-order valence-corrected chi connectivity index (χ1v) is 10.6. The normalized spacial score (nSPS) is 14.4. The van der Waals surface area contributed by atoms with Crippen molar-refractivity contribution < 1.29 is 27.3 Å². The largest absolute Gasteiger partial charge is 0.459 e. The van der Waals surface area contributed by atoms with E-state index in [1.807, 2.05) is 0 Å². The maximum Gasteiger partial charge on any atom is 0.341 e. The van der Waals surface area contributed by atoms with Gasteiger partial charge in [-0.15, -0.1) is 0 Å². The molecule has 1 saturated carbocycles. The van der Waals surface area contributed by atoms with Gasteiger partial charge in [0, 0.05) is 17.7 Å². The van der Waals surface area contributed by atoms with Crippen LogP contribution in [-0.4, -0.2) is 37.7 Å². The molecule has 1 aromatic heterocycles. The van der Waals surface area contributed by atoms with Gasteiger partial charge in [0.05, 0.1) is 33.3 Å². The molecule has 0 unspecified atom stereocenters. The lowest BCUT2D eigenvalue weighted by Crippen LogP contribution is -2.17. The fourth-order valence-corrected chi connectivity index (χ4v) is 3.97. The van der Waals surface area contributed by atoms with E-state index in [0.29, 0.717) is 5.76 Å². The van der Waals surface area contributed by atoms with Gasteiger partial charge >= 0.3 is 5.97 Å². The second-order valence-corrected chi connectivity index (χ2v) is 9.10. The highest BCUT2D eigenvalue weighted by molar-refractivity contribution is 7.90. The molecule has 0 amide bonds. The summed E-state index contributed by atoms with van der Waals surface area (Å²) in [7, 11) is -3.77. The topological polar surface area (TPSA) is 104 Å². The zero-order valence-corrected chi connectivity index (χ0v) is 16.6. The molecule has 0 radical (unpaired) electrons. The van der Waals surface area contributed by atoms with E-state index in [0.717, 1.165) is 19.1 Å². The Morgan fingerprint density at radius 3 is 2.48 bits per heavy atom. The molecule has 0 atom stereocenters. The highest BCUT2D eigenvalue weighted by atomic mass is 35.5. The molecule has 1 aliphatic carbocycles. The van der Waals surface area contributed by atoms with E-state index in [1.165, 1.54) is 18.3 Å². The lowest BCUT2D eigenvalue weighted by molar-refractivity contribution is 0.0373. The first kappa shape index (κ1) is 19.6. The molecule has 144 valence electrons. The van der Waals surface area contributed by atoms with Crippen LogP contribution >= 0.6 is 11.6 Å². The van der Waals surface area contributed by atoms with E-state index in [2.05, 4.69) is 5.16 Å². The molecule has 1 heterocycles. The van der Waals surface area contributed by atoms with E-state index in [4.69, 9.17) is 20.9 Å². The number of hydrogen-bond donors (Lipinski definition) is 0. The number of nitrogens with zero attached hydrogens (tertiary/aromatic N) is 1. The number of hydrogen-bond acceptors (Lipinski definition) is 7. The monoisotopic (exact) mass is 411 g/mol. The molecule has 9 heteroatoms. The van der Waals surface area contributed by atoms with Gasteiger partial charge in [-0.1, -0.05) is 16.8 Å². The predicted octanol–water partition coefficient (Wildman–Crippen LogP) is 3.41. The molecule has 0 spiro atoms. The summed E-state index contributed by atoms with van der Waals surface area (Å²) in [4.78, 5) is 25.1. The Hall–Kier alpha value is -2.19. The van der Waals surface area contributed by atoms with Crippen molar-refractivity contribution in [2.24, 2.45) is 0 Å². The van der Waals surface area contributed by atoms with Crippen molar-refractivity contribution in [2.45, 2.75) is 43.6 Å². The molecule has 0 N–H and O–H groups in total. The fraction of sp³-hybridized carbons (Fsp3) is 0.389. The van der Waals surface area contributed by atoms with E-state index in [9.17, 15) is 18.0 Å².